The zero-order chi connectivity index (χ0) is 29.8. The highest BCUT2D eigenvalue weighted by Gasteiger charge is 2.72. The zero-order valence-corrected chi connectivity index (χ0v) is 25.3. The van der Waals surface area contributed by atoms with Gasteiger partial charge in [-0.1, -0.05) is 74.2 Å². The number of fused-ring (bicyclic) bond motifs is 1. The van der Waals surface area contributed by atoms with E-state index in [9.17, 15) is 14.4 Å². The Balaban J connectivity index is 1.34. The predicted molar refractivity (Wildman–Crippen MR) is 160 cm³/mol. The molecule has 0 radical (unpaired) electrons. The second kappa shape index (κ2) is 11.2. The molecule has 6 rings (SSSR count). The minimum absolute atomic E-state index is 0.000253. The highest BCUT2D eigenvalue weighted by Crippen LogP contribution is 2.55. The lowest BCUT2D eigenvalue weighted by atomic mass is 9.73. The summed E-state index contributed by atoms with van der Waals surface area (Å²) in [6.45, 7) is 4.55. The Morgan fingerprint density at radius 2 is 1.86 bits per heavy atom. The van der Waals surface area contributed by atoms with E-state index in [0.29, 0.717) is 33.3 Å². The molecule has 8 atom stereocenters. The summed E-state index contributed by atoms with van der Waals surface area (Å²) in [4.78, 5) is 43.8. The summed E-state index contributed by atoms with van der Waals surface area (Å²) in [5, 5.41) is 6.91. The van der Waals surface area contributed by atoms with Crippen LogP contribution in [0.4, 0.5) is 5.69 Å². The standard InChI is InChI=1S/C32H35Cl2N3O5/c1-17-6-4-9-24(18(17)2)36-30(39)28-32-11-10-25(42-32)26(29(38)35-22-14-20(33)13-21(34)15-22)27(32)31(40)37(28)16-19-7-5-8-23(12-19)41-3/h5,7-8,10-15,17-18,24-28H,4,6,9,16H2,1-3H3,(H,35,38)(H,36,39)/t17-,18-,24-,25-,26-,27-,28+,32+/m1/s1. The van der Waals surface area contributed by atoms with Crippen LogP contribution >= 0.6 is 23.2 Å². The molecule has 4 aliphatic rings. The van der Waals surface area contributed by atoms with Gasteiger partial charge in [0.2, 0.25) is 17.7 Å². The number of methoxy groups -OCH3 is 1. The van der Waals surface area contributed by atoms with E-state index >= 15 is 0 Å². The summed E-state index contributed by atoms with van der Waals surface area (Å²) in [6.07, 6.45) is 6.04. The highest BCUT2D eigenvalue weighted by molar-refractivity contribution is 6.35. The lowest BCUT2D eigenvalue weighted by Crippen LogP contribution is -2.57. The van der Waals surface area contributed by atoms with Crippen LogP contribution in [0.25, 0.3) is 0 Å². The van der Waals surface area contributed by atoms with Crippen LogP contribution in [0.3, 0.4) is 0 Å². The van der Waals surface area contributed by atoms with E-state index in [2.05, 4.69) is 24.5 Å². The first-order chi connectivity index (χ1) is 20.1. The van der Waals surface area contributed by atoms with Crippen molar-refractivity contribution in [1.29, 1.82) is 0 Å². The molecule has 2 N–H and O–H groups in total. The molecule has 3 amide bonds. The maximum Gasteiger partial charge on any atom is 0.246 e. The number of rotatable bonds is 7. The van der Waals surface area contributed by atoms with E-state index in [0.717, 1.165) is 24.8 Å². The number of hydrogen-bond acceptors (Lipinski definition) is 5. The summed E-state index contributed by atoms with van der Waals surface area (Å²) in [6, 6.07) is 11.2. The molecular weight excluding hydrogens is 577 g/mol. The summed E-state index contributed by atoms with van der Waals surface area (Å²) < 4.78 is 11.9. The first-order valence-electron chi connectivity index (χ1n) is 14.5. The summed E-state index contributed by atoms with van der Waals surface area (Å²) in [7, 11) is 1.58. The third kappa shape index (κ3) is 4.97. The highest BCUT2D eigenvalue weighted by atomic mass is 35.5. The van der Waals surface area contributed by atoms with Crippen LogP contribution in [0.5, 0.6) is 5.75 Å². The van der Waals surface area contributed by atoms with Gasteiger partial charge in [0.25, 0.3) is 0 Å². The molecule has 8 nitrogen and oxygen atoms in total. The Kier molecular flexibility index (Phi) is 7.75. The van der Waals surface area contributed by atoms with Crippen molar-refractivity contribution in [2.75, 3.05) is 12.4 Å². The summed E-state index contributed by atoms with van der Waals surface area (Å²) >= 11 is 12.3. The van der Waals surface area contributed by atoms with Gasteiger partial charge < -0.3 is 25.0 Å². The fraction of sp³-hybridized carbons (Fsp3) is 0.469. The Morgan fingerprint density at radius 3 is 2.60 bits per heavy atom. The van der Waals surface area contributed by atoms with Crippen molar-refractivity contribution in [2.24, 2.45) is 23.7 Å². The van der Waals surface area contributed by atoms with Crippen molar-refractivity contribution in [2.45, 2.75) is 63.4 Å². The first kappa shape index (κ1) is 29.0. The second-order valence-corrected chi connectivity index (χ2v) is 12.9. The number of carbonyl (C=O) groups excluding carboxylic acids is 3. The number of hydrogen-bond donors (Lipinski definition) is 2. The number of amides is 3. The van der Waals surface area contributed by atoms with E-state index in [-0.39, 0.29) is 30.3 Å². The van der Waals surface area contributed by atoms with Gasteiger partial charge in [-0.2, -0.15) is 0 Å². The van der Waals surface area contributed by atoms with Gasteiger partial charge in [-0.05, 0) is 54.2 Å². The molecule has 2 aromatic carbocycles. The number of ether oxygens (including phenoxy) is 2. The molecule has 0 aromatic heterocycles. The molecule has 42 heavy (non-hydrogen) atoms. The number of halogens is 2. The maximum atomic E-state index is 14.3. The van der Waals surface area contributed by atoms with Crippen molar-refractivity contribution in [3.05, 3.63) is 70.2 Å². The number of carbonyl (C=O) groups is 3. The molecule has 1 saturated carbocycles. The molecule has 3 heterocycles. The van der Waals surface area contributed by atoms with Crippen LogP contribution < -0.4 is 15.4 Å². The lowest BCUT2D eigenvalue weighted by molar-refractivity contribution is -0.142. The molecule has 0 unspecified atom stereocenters. The van der Waals surface area contributed by atoms with Crippen molar-refractivity contribution in [3.8, 4) is 5.75 Å². The lowest BCUT2D eigenvalue weighted by Gasteiger charge is -2.38. The van der Waals surface area contributed by atoms with Gasteiger partial charge >= 0.3 is 0 Å². The molecule has 1 spiro atoms. The fourth-order valence-corrected chi connectivity index (χ4v) is 7.83. The second-order valence-electron chi connectivity index (χ2n) is 12.0. The summed E-state index contributed by atoms with van der Waals surface area (Å²) in [5.41, 5.74) is -0.0290. The van der Waals surface area contributed by atoms with E-state index in [1.807, 2.05) is 30.3 Å². The Morgan fingerprint density at radius 1 is 1.10 bits per heavy atom. The maximum absolute atomic E-state index is 14.3. The number of anilines is 1. The van der Waals surface area contributed by atoms with Gasteiger partial charge in [-0.25, -0.2) is 0 Å². The predicted octanol–water partition coefficient (Wildman–Crippen LogP) is 5.23. The van der Waals surface area contributed by atoms with Crippen LogP contribution in [0.2, 0.25) is 10.0 Å². The van der Waals surface area contributed by atoms with Crippen molar-refractivity contribution in [3.63, 3.8) is 0 Å². The van der Waals surface area contributed by atoms with Gasteiger partial charge in [-0.15, -0.1) is 0 Å². The molecule has 3 aliphatic heterocycles. The third-order valence-corrected chi connectivity index (χ3v) is 10.0. The molecule has 1 aliphatic carbocycles. The normalized spacial score (nSPS) is 33.0. The zero-order valence-electron chi connectivity index (χ0n) is 23.8. The largest absolute Gasteiger partial charge is 0.497 e. The number of likely N-dealkylation sites (tertiary alicyclic amines) is 1. The SMILES string of the molecule is COc1cccc(CN2C(=O)[C@H]3[C@H](C(=O)Nc4cc(Cl)cc(Cl)c4)[C@H]4C=C[C@@]3(O4)[C@@H]2C(=O)N[C@@H]2CCC[C@@H](C)[C@H]2C)c1. The topological polar surface area (TPSA) is 97.0 Å². The van der Waals surface area contributed by atoms with E-state index < -0.39 is 29.6 Å². The Labute approximate surface area is 255 Å². The van der Waals surface area contributed by atoms with E-state index in [4.69, 9.17) is 32.7 Å². The third-order valence-electron chi connectivity index (χ3n) is 9.58. The van der Waals surface area contributed by atoms with Crippen LogP contribution in [-0.2, 0) is 25.7 Å². The first-order valence-corrected chi connectivity index (χ1v) is 15.2. The average Bonchev–Trinajstić information content (AvgIpc) is 3.58. The van der Waals surface area contributed by atoms with E-state index in [1.54, 1.807) is 36.3 Å². The minimum atomic E-state index is -1.26. The van der Waals surface area contributed by atoms with Crippen LogP contribution in [-0.4, -0.2) is 53.5 Å². The van der Waals surface area contributed by atoms with Gasteiger partial charge in [0, 0.05) is 28.3 Å². The van der Waals surface area contributed by atoms with Gasteiger partial charge in [0.05, 0.1) is 25.0 Å². The fourth-order valence-electron chi connectivity index (χ4n) is 7.30. The Hall–Kier alpha value is -3.07. The molecule has 2 aromatic rings. The summed E-state index contributed by atoms with van der Waals surface area (Å²) in [5.74, 6) is -1.20. The van der Waals surface area contributed by atoms with Crippen LogP contribution in [0, 0.1) is 23.7 Å². The molecule has 222 valence electrons. The molecule has 3 fully saturated rings. The van der Waals surface area contributed by atoms with Gasteiger partial charge in [0.1, 0.15) is 17.4 Å². The number of nitrogens with zero attached hydrogens (tertiary/aromatic N) is 1. The number of nitrogens with one attached hydrogen (secondary N) is 2. The van der Waals surface area contributed by atoms with E-state index in [1.165, 1.54) is 0 Å². The van der Waals surface area contributed by atoms with Crippen molar-refractivity contribution < 1.29 is 23.9 Å². The van der Waals surface area contributed by atoms with Gasteiger partial charge in [-0.3, -0.25) is 14.4 Å². The Bertz CT molecular complexity index is 1430. The molecular formula is C32H35Cl2N3O5. The smallest absolute Gasteiger partial charge is 0.246 e. The average molecular weight is 613 g/mol. The monoisotopic (exact) mass is 611 g/mol. The quantitative estimate of drug-likeness (QED) is 0.418. The van der Waals surface area contributed by atoms with Crippen molar-refractivity contribution in [1.82, 2.24) is 10.2 Å². The molecule has 2 bridgehead atoms. The molecule has 10 heteroatoms. The minimum Gasteiger partial charge on any atom is -0.497 e. The van der Waals surface area contributed by atoms with Crippen molar-refractivity contribution >= 4 is 46.6 Å². The van der Waals surface area contributed by atoms with Crippen LogP contribution in [0.1, 0.15) is 38.7 Å². The van der Waals surface area contributed by atoms with Crippen LogP contribution in [0.15, 0.2) is 54.6 Å². The molecule has 2 saturated heterocycles. The van der Waals surface area contributed by atoms with Gasteiger partial charge in [0.15, 0.2) is 0 Å². The number of benzene rings is 2.